The van der Waals surface area contributed by atoms with Gasteiger partial charge in [0.05, 0.1) is 5.02 Å². The Labute approximate surface area is 131 Å². The SMILES string of the molecule is Cc1cccc(S(=O)(=O)N2CCC(CN)CC2)c1Cl.Cl. The molecule has 0 atom stereocenters. The molecule has 2 rings (SSSR count). The fourth-order valence-electron chi connectivity index (χ4n) is 2.34. The van der Waals surface area contributed by atoms with E-state index in [2.05, 4.69) is 0 Å². The van der Waals surface area contributed by atoms with Gasteiger partial charge in [0.1, 0.15) is 4.90 Å². The van der Waals surface area contributed by atoms with E-state index in [4.69, 9.17) is 17.3 Å². The van der Waals surface area contributed by atoms with Crippen LogP contribution in [0.25, 0.3) is 0 Å². The lowest BCUT2D eigenvalue weighted by atomic mass is 9.99. The Balaban J connectivity index is 0.00000200. The minimum atomic E-state index is -3.49. The quantitative estimate of drug-likeness (QED) is 0.920. The van der Waals surface area contributed by atoms with Crippen molar-refractivity contribution in [3.63, 3.8) is 0 Å². The average molecular weight is 339 g/mol. The molecule has 1 aromatic rings. The molecule has 4 nitrogen and oxygen atoms in total. The van der Waals surface area contributed by atoms with Crippen LogP contribution < -0.4 is 5.73 Å². The van der Waals surface area contributed by atoms with Gasteiger partial charge in [0.2, 0.25) is 10.0 Å². The first-order chi connectivity index (χ1) is 8.96. The number of halogens is 2. The van der Waals surface area contributed by atoms with E-state index in [0.717, 1.165) is 18.4 Å². The molecular formula is C13H20Cl2N2O2S. The molecule has 2 N–H and O–H groups in total. The Hall–Kier alpha value is -0.330. The third kappa shape index (κ3) is 3.46. The van der Waals surface area contributed by atoms with E-state index in [1.807, 2.05) is 13.0 Å². The summed E-state index contributed by atoms with van der Waals surface area (Å²) >= 11 is 6.13. The third-order valence-corrected chi connectivity index (χ3v) is 6.24. The van der Waals surface area contributed by atoms with Gasteiger partial charge in [-0.1, -0.05) is 23.7 Å². The smallest absolute Gasteiger partial charge is 0.244 e. The van der Waals surface area contributed by atoms with Gasteiger partial charge in [-0.2, -0.15) is 4.31 Å². The van der Waals surface area contributed by atoms with Crippen LogP contribution in [0.1, 0.15) is 18.4 Å². The summed E-state index contributed by atoms with van der Waals surface area (Å²) in [6.45, 7) is 3.48. The van der Waals surface area contributed by atoms with Crippen LogP contribution >= 0.6 is 24.0 Å². The van der Waals surface area contributed by atoms with Crippen molar-refractivity contribution in [2.24, 2.45) is 11.7 Å². The van der Waals surface area contributed by atoms with Crippen LogP contribution in [-0.2, 0) is 10.0 Å². The summed E-state index contributed by atoms with van der Waals surface area (Å²) in [5.74, 6) is 0.430. The number of nitrogens with two attached hydrogens (primary N) is 1. The zero-order valence-electron chi connectivity index (χ0n) is 11.4. The van der Waals surface area contributed by atoms with Crippen LogP contribution in [0.2, 0.25) is 5.02 Å². The fraction of sp³-hybridized carbons (Fsp3) is 0.538. The molecule has 0 radical (unpaired) electrons. The highest BCUT2D eigenvalue weighted by Crippen LogP contribution is 2.29. The number of benzene rings is 1. The molecule has 1 heterocycles. The molecule has 1 saturated heterocycles. The van der Waals surface area contributed by atoms with E-state index in [1.165, 1.54) is 4.31 Å². The zero-order valence-corrected chi connectivity index (χ0v) is 13.8. The van der Waals surface area contributed by atoms with Crippen molar-refractivity contribution in [3.8, 4) is 0 Å². The number of hydrogen-bond acceptors (Lipinski definition) is 3. The van der Waals surface area contributed by atoms with Gasteiger partial charge in [-0.15, -0.1) is 12.4 Å². The maximum Gasteiger partial charge on any atom is 0.244 e. The lowest BCUT2D eigenvalue weighted by Crippen LogP contribution is -2.40. The van der Waals surface area contributed by atoms with Gasteiger partial charge in [0.25, 0.3) is 0 Å². The molecule has 1 aromatic carbocycles. The molecule has 0 saturated carbocycles. The summed E-state index contributed by atoms with van der Waals surface area (Å²) in [5.41, 5.74) is 6.40. The highest BCUT2D eigenvalue weighted by Gasteiger charge is 2.30. The van der Waals surface area contributed by atoms with E-state index in [0.29, 0.717) is 30.6 Å². The highest BCUT2D eigenvalue weighted by molar-refractivity contribution is 7.89. The fourth-order valence-corrected chi connectivity index (χ4v) is 4.37. The molecular weight excluding hydrogens is 319 g/mol. The number of nitrogens with zero attached hydrogens (tertiary/aromatic N) is 1. The molecule has 114 valence electrons. The predicted octanol–water partition coefficient (Wildman–Crippen LogP) is 2.43. The van der Waals surface area contributed by atoms with Gasteiger partial charge in [0, 0.05) is 13.1 Å². The monoisotopic (exact) mass is 338 g/mol. The van der Waals surface area contributed by atoms with Crippen molar-refractivity contribution >= 4 is 34.0 Å². The first kappa shape index (κ1) is 17.7. The predicted molar refractivity (Wildman–Crippen MR) is 84.0 cm³/mol. The molecule has 0 spiro atoms. The van der Waals surface area contributed by atoms with Crippen LogP contribution in [0.5, 0.6) is 0 Å². The minimum absolute atomic E-state index is 0. The van der Waals surface area contributed by atoms with Crippen LogP contribution in [-0.4, -0.2) is 32.4 Å². The van der Waals surface area contributed by atoms with Crippen LogP contribution in [0.15, 0.2) is 23.1 Å². The molecule has 0 aromatic heterocycles. The molecule has 1 aliphatic rings. The van der Waals surface area contributed by atoms with Gasteiger partial charge in [-0.3, -0.25) is 0 Å². The topological polar surface area (TPSA) is 63.4 Å². The number of aryl methyl sites for hydroxylation is 1. The van der Waals surface area contributed by atoms with Crippen molar-refractivity contribution in [2.45, 2.75) is 24.7 Å². The van der Waals surface area contributed by atoms with Crippen LogP contribution in [0.3, 0.4) is 0 Å². The standard InChI is InChI=1S/C13H19ClN2O2S.ClH/c1-10-3-2-4-12(13(10)14)19(17,18)16-7-5-11(9-15)6-8-16;/h2-4,11H,5-9,15H2,1H3;1H. The van der Waals surface area contributed by atoms with Crippen molar-refractivity contribution < 1.29 is 8.42 Å². The van der Waals surface area contributed by atoms with Gasteiger partial charge in [-0.25, -0.2) is 8.42 Å². The zero-order chi connectivity index (χ0) is 14.0. The molecule has 20 heavy (non-hydrogen) atoms. The average Bonchev–Trinajstić information content (AvgIpc) is 2.41. The Morgan fingerprint density at radius 3 is 2.50 bits per heavy atom. The molecule has 0 aliphatic carbocycles. The van der Waals surface area contributed by atoms with Crippen LogP contribution in [0.4, 0.5) is 0 Å². The van der Waals surface area contributed by atoms with E-state index < -0.39 is 10.0 Å². The minimum Gasteiger partial charge on any atom is -0.330 e. The summed E-state index contributed by atoms with van der Waals surface area (Å²) in [5, 5.41) is 0.323. The van der Waals surface area contributed by atoms with Crippen LogP contribution in [0, 0.1) is 12.8 Å². The van der Waals surface area contributed by atoms with E-state index in [-0.39, 0.29) is 17.3 Å². The van der Waals surface area contributed by atoms with E-state index in [1.54, 1.807) is 12.1 Å². The van der Waals surface area contributed by atoms with Gasteiger partial charge >= 0.3 is 0 Å². The third-order valence-electron chi connectivity index (χ3n) is 3.68. The second-order valence-corrected chi connectivity index (χ2v) is 7.25. The van der Waals surface area contributed by atoms with Crippen molar-refractivity contribution in [2.75, 3.05) is 19.6 Å². The second-order valence-electron chi connectivity index (χ2n) is 4.97. The number of rotatable bonds is 3. The lowest BCUT2D eigenvalue weighted by molar-refractivity contribution is 0.278. The van der Waals surface area contributed by atoms with Crippen molar-refractivity contribution in [1.29, 1.82) is 0 Å². The summed E-state index contributed by atoms with van der Waals surface area (Å²) in [4.78, 5) is 0.209. The van der Waals surface area contributed by atoms with Gasteiger partial charge in [-0.05, 0) is 43.9 Å². The summed E-state index contributed by atoms with van der Waals surface area (Å²) in [6, 6.07) is 5.10. The number of hydrogen-bond donors (Lipinski definition) is 1. The van der Waals surface area contributed by atoms with Gasteiger partial charge in [0.15, 0.2) is 0 Å². The lowest BCUT2D eigenvalue weighted by Gasteiger charge is -2.30. The first-order valence-electron chi connectivity index (χ1n) is 6.42. The summed E-state index contributed by atoms with van der Waals surface area (Å²) < 4.78 is 26.6. The van der Waals surface area contributed by atoms with Crippen molar-refractivity contribution in [1.82, 2.24) is 4.31 Å². The number of piperidine rings is 1. The molecule has 0 amide bonds. The Morgan fingerprint density at radius 2 is 1.95 bits per heavy atom. The Morgan fingerprint density at radius 1 is 1.35 bits per heavy atom. The second kappa shape index (κ2) is 7.09. The highest BCUT2D eigenvalue weighted by atomic mass is 35.5. The molecule has 1 fully saturated rings. The normalized spacial score (nSPS) is 17.8. The van der Waals surface area contributed by atoms with E-state index >= 15 is 0 Å². The Kier molecular flexibility index (Phi) is 6.28. The number of sulfonamides is 1. The summed E-state index contributed by atoms with van der Waals surface area (Å²) in [7, 11) is -3.49. The maximum atomic E-state index is 12.6. The van der Waals surface area contributed by atoms with E-state index in [9.17, 15) is 8.42 Å². The molecule has 0 unspecified atom stereocenters. The van der Waals surface area contributed by atoms with Crippen molar-refractivity contribution in [3.05, 3.63) is 28.8 Å². The molecule has 1 aliphatic heterocycles. The largest absolute Gasteiger partial charge is 0.330 e. The Bertz CT molecular complexity index is 555. The maximum absolute atomic E-state index is 12.6. The van der Waals surface area contributed by atoms with Gasteiger partial charge < -0.3 is 5.73 Å². The molecule has 7 heteroatoms. The first-order valence-corrected chi connectivity index (χ1v) is 8.24. The molecule has 0 bridgehead atoms. The summed E-state index contributed by atoms with van der Waals surface area (Å²) in [6.07, 6.45) is 1.64.